The van der Waals surface area contributed by atoms with Gasteiger partial charge in [-0.3, -0.25) is 4.79 Å². The van der Waals surface area contributed by atoms with Crippen molar-refractivity contribution in [1.82, 2.24) is 0 Å². The maximum Gasteiger partial charge on any atom is 0.164 e. The van der Waals surface area contributed by atoms with E-state index in [0.29, 0.717) is 6.42 Å². The molecule has 0 saturated heterocycles. The van der Waals surface area contributed by atoms with Gasteiger partial charge in [0.2, 0.25) is 0 Å². The van der Waals surface area contributed by atoms with Crippen molar-refractivity contribution in [2.24, 2.45) is 0 Å². The van der Waals surface area contributed by atoms with E-state index < -0.39 is 0 Å². The van der Waals surface area contributed by atoms with Crippen LogP contribution in [-0.2, 0) is 0 Å². The van der Waals surface area contributed by atoms with Crippen LogP contribution in [-0.4, -0.2) is 5.78 Å². The van der Waals surface area contributed by atoms with Crippen LogP contribution in [0.2, 0.25) is 0 Å². The van der Waals surface area contributed by atoms with Gasteiger partial charge in [-0.2, -0.15) is 0 Å². The van der Waals surface area contributed by atoms with Crippen molar-refractivity contribution in [3.63, 3.8) is 0 Å². The van der Waals surface area contributed by atoms with Crippen LogP contribution in [0.25, 0.3) is 0 Å². The topological polar surface area (TPSA) is 17.1 Å². The van der Waals surface area contributed by atoms with Gasteiger partial charge in [0, 0.05) is 20.9 Å². The number of carbonyl (C=O) groups is 1. The van der Waals surface area contributed by atoms with E-state index in [2.05, 4.69) is 31.9 Å². The summed E-state index contributed by atoms with van der Waals surface area (Å²) in [6.45, 7) is 4.01. The van der Waals surface area contributed by atoms with Gasteiger partial charge in [-0.05, 0) is 31.0 Å². The van der Waals surface area contributed by atoms with Crippen molar-refractivity contribution in [1.29, 1.82) is 0 Å². The van der Waals surface area contributed by atoms with E-state index in [1.165, 1.54) is 0 Å². The van der Waals surface area contributed by atoms with E-state index in [0.717, 1.165) is 26.5 Å². The Balaban J connectivity index is 3.09. The second-order valence-corrected chi connectivity index (χ2v) is 4.96. The Kier molecular flexibility index (Phi) is 4.32. The Morgan fingerprint density at radius 1 is 1.29 bits per heavy atom. The summed E-state index contributed by atoms with van der Waals surface area (Å²) >= 11 is 6.84. The first-order valence-corrected chi connectivity index (χ1v) is 6.13. The molecule has 1 aromatic carbocycles. The Bertz CT molecular complexity index is 359. The molecule has 0 amide bonds. The lowest BCUT2D eigenvalue weighted by Crippen LogP contribution is -2.00. The number of benzene rings is 1. The minimum Gasteiger partial charge on any atom is -0.294 e. The first-order chi connectivity index (χ1) is 6.56. The molecule has 1 aromatic rings. The zero-order chi connectivity index (χ0) is 10.7. The molecule has 0 saturated carbocycles. The van der Waals surface area contributed by atoms with E-state index in [4.69, 9.17) is 0 Å². The molecular formula is C11H12Br2O. The predicted molar refractivity (Wildman–Crippen MR) is 65.8 cm³/mol. The average Bonchev–Trinajstić information content (AvgIpc) is 2.11. The molecule has 0 fully saturated rings. The number of ketones is 1. The number of rotatable bonds is 3. The third-order valence-electron chi connectivity index (χ3n) is 2.03. The van der Waals surface area contributed by atoms with Gasteiger partial charge in [0.05, 0.1) is 0 Å². The van der Waals surface area contributed by atoms with E-state index in [1.807, 2.05) is 26.0 Å². The smallest absolute Gasteiger partial charge is 0.164 e. The molecule has 14 heavy (non-hydrogen) atoms. The lowest BCUT2D eigenvalue weighted by Gasteiger charge is -2.06. The molecule has 0 aliphatic heterocycles. The molecule has 1 nitrogen and oxygen atoms in total. The fraction of sp³-hybridized carbons (Fsp3) is 0.364. The predicted octanol–water partition coefficient (Wildman–Crippen LogP) is 4.50. The van der Waals surface area contributed by atoms with E-state index >= 15 is 0 Å². The van der Waals surface area contributed by atoms with Crippen molar-refractivity contribution >= 4 is 37.6 Å². The van der Waals surface area contributed by atoms with Crippen LogP contribution in [0.1, 0.15) is 35.7 Å². The number of carbonyl (C=O) groups excluding carboxylic acids is 1. The highest BCUT2D eigenvalue weighted by Gasteiger charge is 2.10. The summed E-state index contributed by atoms with van der Waals surface area (Å²) in [6, 6.07) is 3.85. The molecule has 0 N–H and O–H groups in total. The first kappa shape index (κ1) is 11.9. The highest BCUT2D eigenvalue weighted by molar-refractivity contribution is 9.11. The highest BCUT2D eigenvalue weighted by Crippen LogP contribution is 2.26. The monoisotopic (exact) mass is 318 g/mol. The maximum atomic E-state index is 11.7. The van der Waals surface area contributed by atoms with Gasteiger partial charge >= 0.3 is 0 Å². The molecule has 3 heteroatoms. The van der Waals surface area contributed by atoms with Crippen molar-refractivity contribution in [3.05, 3.63) is 32.2 Å². The Hall–Kier alpha value is -0.150. The van der Waals surface area contributed by atoms with Crippen molar-refractivity contribution in [2.75, 3.05) is 0 Å². The molecule has 0 heterocycles. The van der Waals surface area contributed by atoms with Gasteiger partial charge < -0.3 is 0 Å². The van der Waals surface area contributed by atoms with Crippen LogP contribution in [0.3, 0.4) is 0 Å². The number of hydrogen-bond acceptors (Lipinski definition) is 1. The minimum atomic E-state index is 0.195. The van der Waals surface area contributed by atoms with Gasteiger partial charge in [-0.1, -0.05) is 38.8 Å². The quantitative estimate of drug-likeness (QED) is 0.749. The molecule has 0 aliphatic carbocycles. The largest absolute Gasteiger partial charge is 0.294 e. The zero-order valence-electron chi connectivity index (χ0n) is 8.23. The van der Waals surface area contributed by atoms with Crippen LogP contribution in [0, 0.1) is 6.92 Å². The molecule has 1 rings (SSSR count). The maximum absolute atomic E-state index is 11.7. The molecule has 0 unspecified atom stereocenters. The van der Waals surface area contributed by atoms with Crippen LogP contribution in [0.15, 0.2) is 21.1 Å². The van der Waals surface area contributed by atoms with Gasteiger partial charge in [0.1, 0.15) is 0 Å². The summed E-state index contributed by atoms with van der Waals surface area (Å²) in [5, 5.41) is 0. The van der Waals surface area contributed by atoms with Crippen molar-refractivity contribution in [2.45, 2.75) is 26.7 Å². The number of hydrogen-bond donors (Lipinski definition) is 0. The number of Topliss-reactive ketones (excluding diaryl/α,β-unsaturated/α-hetero) is 1. The van der Waals surface area contributed by atoms with Crippen LogP contribution >= 0.6 is 31.9 Å². The molecular weight excluding hydrogens is 308 g/mol. The summed E-state index contributed by atoms with van der Waals surface area (Å²) in [4.78, 5) is 11.7. The Labute approximate surface area is 101 Å². The molecule has 0 spiro atoms. The fourth-order valence-corrected chi connectivity index (χ4v) is 2.24. The van der Waals surface area contributed by atoms with E-state index in [1.54, 1.807) is 0 Å². The Morgan fingerprint density at radius 3 is 2.50 bits per heavy atom. The minimum absolute atomic E-state index is 0.195. The molecule has 0 atom stereocenters. The normalized spacial score (nSPS) is 10.3. The summed E-state index contributed by atoms with van der Waals surface area (Å²) in [6.07, 6.45) is 1.49. The zero-order valence-corrected chi connectivity index (χ0v) is 11.4. The summed E-state index contributed by atoms with van der Waals surface area (Å²) in [7, 11) is 0. The van der Waals surface area contributed by atoms with Gasteiger partial charge in [-0.25, -0.2) is 0 Å². The second-order valence-electron chi connectivity index (χ2n) is 3.25. The van der Waals surface area contributed by atoms with Crippen molar-refractivity contribution < 1.29 is 4.79 Å². The molecule has 0 radical (unpaired) electrons. The lowest BCUT2D eigenvalue weighted by atomic mass is 10.1. The third-order valence-corrected chi connectivity index (χ3v) is 3.54. The summed E-state index contributed by atoms with van der Waals surface area (Å²) in [5.41, 5.74) is 1.90. The number of halogens is 2. The first-order valence-electron chi connectivity index (χ1n) is 4.55. The molecule has 0 aromatic heterocycles. The highest BCUT2D eigenvalue weighted by atomic mass is 79.9. The van der Waals surface area contributed by atoms with Crippen LogP contribution in [0.4, 0.5) is 0 Å². The lowest BCUT2D eigenvalue weighted by molar-refractivity contribution is 0.0981. The summed E-state index contributed by atoms with van der Waals surface area (Å²) < 4.78 is 1.87. The molecule has 0 aliphatic rings. The van der Waals surface area contributed by atoms with Crippen LogP contribution < -0.4 is 0 Å². The van der Waals surface area contributed by atoms with Crippen molar-refractivity contribution in [3.8, 4) is 0 Å². The van der Waals surface area contributed by atoms with Crippen LogP contribution in [0.5, 0.6) is 0 Å². The third kappa shape index (κ3) is 2.67. The Morgan fingerprint density at radius 2 is 1.93 bits per heavy atom. The fourth-order valence-electron chi connectivity index (χ4n) is 1.22. The molecule has 0 bridgehead atoms. The molecule has 76 valence electrons. The standard InChI is InChI=1S/C11H12Br2O/c1-3-4-11(14)8-6-9(12)7(2)5-10(8)13/h5-6H,3-4H2,1-2H3. The average molecular weight is 320 g/mol. The van der Waals surface area contributed by atoms with Gasteiger partial charge in [0.15, 0.2) is 5.78 Å². The van der Waals surface area contributed by atoms with E-state index in [-0.39, 0.29) is 5.78 Å². The second kappa shape index (κ2) is 5.08. The number of aryl methyl sites for hydroxylation is 1. The van der Waals surface area contributed by atoms with E-state index in [9.17, 15) is 4.79 Å². The summed E-state index contributed by atoms with van der Waals surface area (Å²) in [5.74, 6) is 0.195. The van der Waals surface area contributed by atoms with Gasteiger partial charge in [0.25, 0.3) is 0 Å². The van der Waals surface area contributed by atoms with Gasteiger partial charge in [-0.15, -0.1) is 0 Å². The SMILES string of the molecule is CCCC(=O)c1cc(Br)c(C)cc1Br.